The molecule has 1 nitrogen and oxygen atoms in total. The maximum atomic E-state index is 9.85. The van der Waals surface area contributed by atoms with E-state index in [1.165, 1.54) is 38.1 Å². The Labute approximate surface area is 109 Å². The van der Waals surface area contributed by atoms with Gasteiger partial charge in [-0.1, -0.05) is 0 Å². The molecule has 0 aromatic heterocycles. The quantitative estimate of drug-likeness (QED) is 0.631. The number of allylic oxidation sites excluding steroid dienone is 1. The fraction of sp³-hybridized carbons (Fsp3) is 0.846. The van der Waals surface area contributed by atoms with Crippen LogP contribution in [0.2, 0.25) is 8.87 Å². The summed E-state index contributed by atoms with van der Waals surface area (Å²) in [7, 11) is 6.94. The summed E-state index contributed by atoms with van der Waals surface area (Å²) in [6.07, 6.45) is 6.58. The van der Waals surface area contributed by atoms with Crippen molar-refractivity contribution in [1.29, 1.82) is 0 Å². The molecule has 0 aromatic rings. The third-order valence-electron chi connectivity index (χ3n) is 3.13. The molecule has 0 saturated carbocycles. The Morgan fingerprint density at radius 3 is 1.94 bits per heavy atom. The molecular formula is C13H27ClOSn. The van der Waals surface area contributed by atoms with E-state index in [1.807, 2.05) is 13.8 Å². The summed E-state index contributed by atoms with van der Waals surface area (Å²) < 4.78 is 3.56. The summed E-state index contributed by atoms with van der Waals surface area (Å²) in [6, 6.07) is 0. The third kappa shape index (κ3) is 5.41. The van der Waals surface area contributed by atoms with Crippen LogP contribution in [0.4, 0.5) is 0 Å². The van der Waals surface area contributed by atoms with Crippen LogP contribution in [-0.2, 0) is 0 Å². The molecule has 0 aliphatic carbocycles. The second-order valence-corrected chi connectivity index (χ2v) is 19.5. The number of aliphatic hydroxyl groups excluding tert-OH is 1. The van der Waals surface area contributed by atoms with Crippen molar-refractivity contribution in [3.05, 3.63) is 9.67 Å². The van der Waals surface area contributed by atoms with Gasteiger partial charge in [-0.3, -0.25) is 0 Å². The number of halogens is 1. The molecule has 96 valence electrons. The summed E-state index contributed by atoms with van der Waals surface area (Å²) in [4.78, 5) is 0. The summed E-state index contributed by atoms with van der Waals surface area (Å²) in [6.45, 7) is 8.30. The average Bonchev–Trinajstić information content (AvgIpc) is 2.24. The first-order chi connectivity index (χ1) is 7.51. The van der Waals surface area contributed by atoms with Crippen LogP contribution in [-0.4, -0.2) is 28.5 Å². The zero-order chi connectivity index (χ0) is 12.6. The topological polar surface area (TPSA) is 20.2 Å². The van der Waals surface area contributed by atoms with Gasteiger partial charge in [0.2, 0.25) is 0 Å². The van der Waals surface area contributed by atoms with E-state index in [0.717, 1.165) is 0 Å². The summed E-state index contributed by atoms with van der Waals surface area (Å²) in [5.41, 5.74) is 0. The van der Waals surface area contributed by atoms with Crippen LogP contribution in [0.1, 0.15) is 53.4 Å². The van der Waals surface area contributed by atoms with Crippen molar-refractivity contribution in [3.63, 3.8) is 0 Å². The molecule has 0 rings (SSSR count). The number of rotatable bonds is 8. The summed E-state index contributed by atoms with van der Waals surface area (Å²) >= 11 is -2.71. The number of aliphatic hydroxyl groups is 1. The van der Waals surface area contributed by atoms with Gasteiger partial charge in [-0.15, -0.1) is 0 Å². The molecule has 0 spiro atoms. The van der Waals surface area contributed by atoms with Crippen molar-refractivity contribution in [2.24, 2.45) is 0 Å². The molecule has 1 N–H and O–H groups in total. The number of hydrogen-bond donors (Lipinski definition) is 1. The van der Waals surface area contributed by atoms with Gasteiger partial charge >= 0.3 is 109 Å². The van der Waals surface area contributed by atoms with Crippen molar-refractivity contribution in [2.45, 2.75) is 68.4 Å². The molecule has 0 saturated heterocycles. The fourth-order valence-corrected chi connectivity index (χ4v) is 17.0. The van der Waals surface area contributed by atoms with Gasteiger partial charge in [0, 0.05) is 0 Å². The molecule has 0 bridgehead atoms. The Morgan fingerprint density at radius 2 is 1.69 bits per heavy atom. The van der Waals surface area contributed by atoms with Crippen LogP contribution in [0.15, 0.2) is 9.67 Å². The first-order valence-electron chi connectivity index (χ1n) is 6.55. The second kappa shape index (κ2) is 8.82. The van der Waals surface area contributed by atoms with E-state index in [2.05, 4.69) is 19.9 Å². The molecule has 0 amide bonds. The Balaban J connectivity index is 4.73. The van der Waals surface area contributed by atoms with Crippen LogP contribution >= 0.6 is 8.92 Å². The normalized spacial score (nSPS) is 15.2. The molecule has 0 aliphatic heterocycles. The predicted molar refractivity (Wildman–Crippen MR) is 76.5 cm³/mol. The van der Waals surface area contributed by atoms with Crippen molar-refractivity contribution in [3.8, 4) is 0 Å². The van der Waals surface area contributed by atoms with Crippen LogP contribution in [0.5, 0.6) is 0 Å². The number of hydrogen-bond acceptors (Lipinski definition) is 1. The van der Waals surface area contributed by atoms with E-state index in [4.69, 9.17) is 8.92 Å². The Kier molecular flexibility index (Phi) is 9.25. The van der Waals surface area contributed by atoms with E-state index < -0.39 is 17.3 Å². The maximum absolute atomic E-state index is 9.85. The molecule has 3 heteroatoms. The number of unbranched alkanes of at least 4 members (excludes halogenated alkanes) is 2. The fourth-order valence-electron chi connectivity index (χ4n) is 2.20. The van der Waals surface area contributed by atoms with Crippen molar-refractivity contribution < 1.29 is 5.11 Å². The predicted octanol–water partition coefficient (Wildman–Crippen LogP) is 4.64. The van der Waals surface area contributed by atoms with Crippen molar-refractivity contribution >= 4 is 26.2 Å². The standard InChI is InChI=1S/C5H9O.2C4H9.ClH.Sn/c1-3-4-5(2)6;2*1-3-4-2;;/h3,5-6H,1-2H3;2*1,3-4H2,2H3;1H;/q;;;;+1/p-1. The molecule has 16 heavy (non-hydrogen) atoms. The first-order valence-corrected chi connectivity index (χ1v) is 15.6. The van der Waals surface area contributed by atoms with Gasteiger partial charge < -0.3 is 0 Å². The van der Waals surface area contributed by atoms with Gasteiger partial charge in [0.25, 0.3) is 0 Å². The molecule has 1 atom stereocenters. The van der Waals surface area contributed by atoms with Gasteiger partial charge in [0.15, 0.2) is 0 Å². The Bertz CT molecular complexity index is 206. The molecule has 0 aromatic carbocycles. The van der Waals surface area contributed by atoms with Gasteiger partial charge in [-0.05, 0) is 0 Å². The van der Waals surface area contributed by atoms with Crippen molar-refractivity contribution in [2.75, 3.05) is 0 Å². The first kappa shape index (κ1) is 16.8. The van der Waals surface area contributed by atoms with Gasteiger partial charge in [-0.2, -0.15) is 0 Å². The van der Waals surface area contributed by atoms with Gasteiger partial charge in [0.05, 0.1) is 0 Å². The zero-order valence-electron chi connectivity index (χ0n) is 11.2. The second-order valence-electron chi connectivity index (χ2n) is 4.59. The van der Waals surface area contributed by atoms with E-state index in [-0.39, 0.29) is 6.10 Å². The zero-order valence-corrected chi connectivity index (χ0v) is 14.8. The van der Waals surface area contributed by atoms with Crippen molar-refractivity contribution in [1.82, 2.24) is 0 Å². The van der Waals surface area contributed by atoms with E-state index in [1.54, 1.807) is 0 Å². The van der Waals surface area contributed by atoms with Crippen LogP contribution in [0.3, 0.4) is 0 Å². The third-order valence-corrected chi connectivity index (χ3v) is 18.6. The van der Waals surface area contributed by atoms with Crippen LogP contribution in [0, 0.1) is 0 Å². The van der Waals surface area contributed by atoms with Gasteiger partial charge in [-0.25, -0.2) is 0 Å². The minimum absolute atomic E-state index is 0.341. The molecule has 1 unspecified atom stereocenters. The SMILES string of the molecule is C/C=[C](/C(C)O)[Sn]([Cl])([CH2]CCC)[CH2]CCC. The molecule has 0 heterocycles. The van der Waals surface area contributed by atoms with E-state index >= 15 is 0 Å². The average molecular weight is 354 g/mol. The molecule has 0 fully saturated rings. The summed E-state index contributed by atoms with van der Waals surface area (Å²) in [5, 5.41) is 9.85. The van der Waals surface area contributed by atoms with Gasteiger partial charge in [0.1, 0.15) is 0 Å². The van der Waals surface area contributed by atoms with Crippen LogP contribution in [0.25, 0.3) is 0 Å². The molecule has 0 aliphatic rings. The van der Waals surface area contributed by atoms with E-state index in [0.29, 0.717) is 0 Å². The summed E-state index contributed by atoms with van der Waals surface area (Å²) in [5.74, 6) is 0. The Morgan fingerprint density at radius 1 is 1.25 bits per heavy atom. The van der Waals surface area contributed by atoms with Crippen LogP contribution < -0.4 is 0 Å². The minimum atomic E-state index is -2.71. The van der Waals surface area contributed by atoms with E-state index in [9.17, 15) is 5.11 Å². The Hall–Kier alpha value is 0.789. The molecular weight excluding hydrogens is 326 g/mol. The monoisotopic (exact) mass is 354 g/mol. The molecule has 0 radical (unpaired) electrons.